The molecule has 1 aromatic heterocycles. The molecule has 2 aliphatic heterocycles. The smallest absolute Gasteiger partial charge is 0.404 e. The first-order valence-corrected chi connectivity index (χ1v) is 9.52. The number of amides is 2. The molecule has 24 heavy (non-hydrogen) atoms. The highest BCUT2D eigenvalue weighted by molar-refractivity contribution is 6.93. The van der Waals surface area contributed by atoms with E-state index < -0.39 is 20.5 Å². The van der Waals surface area contributed by atoms with E-state index in [4.69, 9.17) is 0 Å². The van der Waals surface area contributed by atoms with Gasteiger partial charge in [-0.15, -0.1) is 0 Å². The molecule has 2 amide bonds. The van der Waals surface area contributed by atoms with Gasteiger partial charge in [0.15, 0.2) is 0 Å². The number of benzene rings is 1. The number of nitrogens with one attached hydrogen (secondary N) is 1. The number of fused-ring (bicyclic) bond motifs is 2. The Morgan fingerprint density at radius 3 is 2.67 bits per heavy atom. The van der Waals surface area contributed by atoms with Crippen LogP contribution in [0.5, 0.6) is 0 Å². The fraction of sp³-hybridized carbons (Fsp3) is 0.188. The van der Waals surface area contributed by atoms with Gasteiger partial charge in [-0.2, -0.15) is 0 Å². The molecule has 0 saturated carbocycles. The number of imide groups is 1. The quantitative estimate of drug-likeness (QED) is 0.448. The van der Waals surface area contributed by atoms with E-state index in [0.717, 1.165) is 0 Å². The molecule has 1 saturated heterocycles. The molecule has 3 N–H and O–H groups in total. The summed E-state index contributed by atoms with van der Waals surface area (Å²) in [5.41, 5.74) is 0.551. The van der Waals surface area contributed by atoms with E-state index in [1.54, 1.807) is 47.5 Å². The number of carbonyl (C=O) groups excluding carboxylic acids is 2. The molecule has 122 valence electrons. The van der Waals surface area contributed by atoms with Crippen LogP contribution in [0.3, 0.4) is 0 Å². The summed E-state index contributed by atoms with van der Waals surface area (Å²) >= 11 is 0. The SMILES string of the molecule is O=C1CCC(N2c3ccccc3[Si](O)(O)c3cccnc32)C(=O)N1. The molecular formula is C16H15N3O4Si. The van der Waals surface area contributed by atoms with E-state index in [9.17, 15) is 19.2 Å². The molecule has 2 aromatic rings. The zero-order valence-corrected chi connectivity index (χ0v) is 13.6. The molecular weight excluding hydrogens is 326 g/mol. The van der Waals surface area contributed by atoms with Gasteiger partial charge in [0, 0.05) is 28.7 Å². The van der Waals surface area contributed by atoms with Gasteiger partial charge >= 0.3 is 8.56 Å². The third kappa shape index (κ3) is 2.08. The summed E-state index contributed by atoms with van der Waals surface area (Å²) in [7, 11) is -3.88. The number of nitrogens with zero attached hydrogens (tertiary/aromatic N) is 2. The maximum Gasteiger partial charge on any atom is 0.407 e. The Labute approximate surface area is 138 Å². The van der Waals surface area contributed by atoms with Crippen LogP contribution in [-0.2, 0) is 9.59 Å². The van der Waals surface area contributed by atoms with E-state index in [-0.39, 0.29) is 12.3 Å². The highest BCUT2D eigenvalue weighted by atomic mass is 28.4. The van der Waals surface area contributed by atoms with Gasteiger partial charge in [0.05, 0.1) is 0 Å². The maximum atomic E-state index is 12.4. The van der Waals surface area contributed by atoms with Crippen LogP contribution in [0, 0.1) is 0 Å². The maximum absolute atomic E-state index is 12.4. The number of hydrogen-bond acceptors (Lipinski definition) is 6. The van der Waals surface area contributed by atoms with E-state index >= 15 is 0 Å². The third-order valence-corrected chi connectivity index (χ3v) is 6.77. The summed E-state index contributed by atoms with van der Waals surface area (Å²) in [5.74, 6) is -0.333. The van der Waals surface area contributed by atoms with Crippen LogP contribution in [-0.4, -0.2) is 41.0 Å². The first-order chi connectivity index (χ1) is 11.5. The summed E-state index contributed by atoms with van der Waals surface area (Å²) in [6.07, 6.45) is 2.13. The highest BCUT2D eigenvalue weighted by Crippen LogP contribution is 2.32. The van der Waals surface area contributed by atoms with Gasteiger partial charge in [0.25, 0.3) is 0 Å². The van der Waals surface area contributed by atoms with Gasteiger partial charge in [-0.25, -0.2) is 4.98 Å². The number of rotatable bonds is 1. The molecule has 8 heteroatoms. The minimum atomic E-state index is -3.88. The number of carbonyl (C=O) groups is 2. The molecule has 7 nitrogen and oxygen atoms in total. The van der Waals surface area contributed by atoms with Gasteiger partial charge in [-0.1, -0.05) is 24.3 Å². The van der Waals surface area contributed by atoms with Crippen LogP contribution in [0.2, 0.25) is 0 Å². The lowest BCUT2D eigenvalue weighted by Gasteiger charge is -2.41. The lowest BCUT2D eigenvalue weighted by atomic mass is 10.0. The van der Waals surface area contributed by atoms with Crippen LogP contribution in [0.25, 0.3) is 0 Å². The second-order valence-corrected chi connectivity index (χ2v) is 8.32. The molecule has 1 atom stereocenters. The number of pyridine rings is 1. The Bertz CT molecular complexity index is 805. The third-order valence-electron chi connectivity index (χ3n) is 4.45. The Morgan fingerprint density at radius 1 is 1.12 bits per heavy atom. The molecule has 1 unspecified atom stereocenters. The Hall–Kier alpha value is -2.55. The van der Waals surface area contributed by atoms with Gasteiger partial charge in [0.1, 0.15) is 11.9 Å². The van der Waals surface area contributed by atoms with Crippen LogP contribution >= 0.6 is 0 Å². The van der Waals surface area contributed by atoms with Crippen molar-refractivity contribution >= 4 is 42.3 Å². The van der Waals surface area contributed by atoms with Gasteiger partial charge in [0.2, 0.25) is 11.8 Å². The van der Waals surface area contributed by atoms with Crippen molar-refractivity contribution < 1.29 is 19.2 Å². The monoisotopic (exact) mass is 341 g/mol. The summed E-state index contributed by atoms with van der Waals surface area (Å²) in [5, 5.41) is 3.10. The zero-order valence-electron chi connectivity index (χ0n) is 12.6. The highest BCUT2D eigenvalue weighted by Gasteiger charge is 2.48. The normalized spacial score (nSPS) is 21.8. The fourth-order valence-corrected chi connectivity index (χ4v) is 5.35. The number of aromatic nitrogens is 1. The van der Waals surface area contributed by atoms with Crippen molar-refractivity contribution in [1.29, 1.82) is 0 Å². The van der Waals surface area contributed by atoms with Crippen molar-refractivity contribution in [2.45, 2.75) is 18.9 Å². The number of para-hydroxylation sites is 1. The minimum Gasteiger partial charge on any atom is -0.404 e. The Morgan fingerprint density at radius 2 is 1.88 bits per heavy atom. The van der Waals surface area contributed by atoms with Crippen molar-refractivity contribution in [2.24, 2.45) is 0 Å². The van der Waals surface area contributed by atoms with Crippen LogP contribution in [0.4, 0.5) is 11.5 Å². The Kier molecular flexibility index (Phi) is 3.27. The zero-order chi connectivity index (χ0) is 16.9. The lowest BCUT2D eigenvalue weighted by Crippen LogP contribution is -2.66. The number of piperidine rings is 1. The molecule has 4 rings (SSSR count). The number of hydrogen-bond donors (Lipinski definition) is 3. The van der Waals surface area contributed by atoms with E-state index in [2.05, 4.69) is 10.3 Å². The fourth-order valence-electron chi connectivity index (χ4n) is 3.34. The second-order valence-electron chi connectivity index (χ2n) is 5.90. The molecule has 2 aliphatic rings. The largest absolute Gasteiger partial charge is 0.407 e. The van der Waals surface area contributed by atoms with Crippen LogP contribution in [0.15, 0.2) is 42.6 Å². The van der Waals surface area contributed by atoms with Gasteiger partial charge < -0.3 is 14.5 Å². The average molecular weight is 341 g/mol. The van der Waals surface area contributed by atoms with Crippen molar-refractivity contribution in [1.82, 2.24) is 10.3 Å². The summed E-state index contributed by atoms with van der Waals surface area (Å²) in [6.45, 7) is 0. The molecule has 1 fully saturated rings. The van der Waals surface area contributed by atoms with E-state index in [1.165, 1.54) is 0 Å². The molecule has 0 radical (unpaired) electrons. The standard InChI is InChI=1S/C16H15N3O4Si/c20-14-8-7-11(16(21)18-14)19-10-4-1-2-5-12(10)24(22,23)13-6-3-9-17-15(13)19/h1-6,9,11,22-23H,7-8H2,(H,18,20,21). The van der Waals surface area contributed by atoms with Crippen molar-refractivity contribution in [3.05, 3.63) is 42.6 Å². The molecule has 1 aromatic carbocycles. The summed E-state index contributed by atoms with van der Waals surface area (Å²) in [6, 6.07) is 9.56. The van der Waals surface area contributed by atoms with Crippen molar-refractivity contribution in [3.8, 4) is 0 Å². The average Bonchev–Trinajstić information content (AvgIpc) is 2.57. The first kappa shape index (κ1) is 15.0. The first-order valence-electron chi connectivity index (χ1n) is 7.63. The minimum absolute atomic E-state index is 0.234. The van der Waals surface area contributed by atoms with Crippen LogP contribution < -0.4 is 20.6 Å². The predicted octanol–water partition coefficient (Wildman–Crippen LogP) is -1.12. The van der Waals surface area contributed by atoms with Crippen LogP contribution in [0.1, 0.15) is 12.8 Å². The van der Waals surface area contributed by atoms with Gasteiger partial charge in [-0.05, 0) is 18.6 Å². The van der Waals surface area contributed by atoms with E-state index in [0.29, 0.717) is 28.3 Å². The van der Waals surface area contributed by atoms with Crippen molar-refractivity contribution in [3.63, 3.8) is 0 Å². The lowest BCUT2D eigenvalue weighted by molar-refractivity contribution is -0.134. The number of anilines is 2. The molecule has 3 heterocycles. The molecule has 0 spiro atoms. The van der Waals surface area contributed by atoms with Gasteiger partial charge in [-0.3, -0.25) is 14.9 Å². The predicted molar refractivity (Wildman–Crippen MR) is 88.4 cm³/mol. The second kappa shape index (κ2) is 5.23. The molecule has 0 bridgehead atoms. The van der Waals surface area contributed by atoms with E-state index in [1.807, 2.05) is 0 Å². The Balaban J connectivity index is 1.92. The van der Waals surface area contributed by atoms with Crippen molar-refractivity contribution in [2.75, 3.05) is 4.90 Å². The summed E-state index contributed by atoms with van der Waals surface area (Å²) < 4.78 is 0. The summed E-state index contributed by atoms with van der Waals surface area (Å²) in [4.78, 5) is 51.4. The topological polar surface area (TPSA) is 103 Å². The molecule has 0 aliphatic carbocycles.